The van der Waals surface area contributed by atoms with Crippen LogP contribution in [-0.2, 0) is 11.3 Å². The topological polar surface area (TPSA) is 114 Å². The zero-order valence-corrected chi connectivity index (χ0v) is 16.5. The molecule has 0 atom stereocenters. The van der Waals surface area contributed by atoms with Crippen molar-refractivity contribution in [1.82, 2.24) is 9.71 Å². The summed E-state index contributed by atoms with van der Waals surface area (Å²) in [5.74, 6) is -2.57. The number of piperidine rings is 1. The Labute approximate surface area is 175 Å². The molecule has 1 saturated carbocycles. The first-order chi connectivity index (χ1) is 14.7. The highest BCUT2D eigenvalue weighted by Crippen LogP contribution is 2.49. The van der Waals surface area contributed by atoms with Crippen LogP contribution < -0.4 is 21.0 Å². The molecular weight excluding hydrogens is 415 g/mol. The normalized spacial score (nSPS) is 18.0. The average molecular weight is 435 g/mol. The number of nitrogens with zero attached hydrogens (tertiary/aromatic N) is 4. The maximum atomic E-state index is 12.9. The van der Waals surface area contributed by atoms with Gasteiger partial charge >= 0.3 is 17.7 Å². The van der Waals surface area contributed by atoms with Crippen LogP contribution in [0.5, 0.6) is 0 Å². The number of carbonyl (C=O) groups excluding carboxylic acids is 1. The molecule has 1 aliphatic carbocycles. The van der Waals surface area contributed by atoms with Gasteiger partial charge in [0.25, 0.3) is 0 Å². The number of alkyl halides is 3. The Balaban J connectivity index is 1.87. The van der Waals surface area contributed by atoms with Crippen LogP contribution in [0.4, 0.5) is 18.9 Å². The zero-order chi connectivity index (χ0) is 22.4. The Kier molecular flexibility index (Phi) is 5.13. The first-order valence-corrected chi connectivity index (χ1v) is 9.91. The largest absolute Gasteiger partial charge is 0.493 e. The third-order valence-corrected chi connectivity index (χ3v) is 6.33. The molecule has 0 aromatic carbocycles. The second-order valence-electron chi connectivity index (χ2n) is 8.05. The highest BCUT2D eigenvalue weighted by Gasteiger charge is 2.43. The van der Waals surface area contributed by atoms with Gasteiger partial charge in [0.15, 0.2) is 0 Å². The van der Waals surface area contributed by atoms with Crippen molar-refractivity contribution in [3.8, 4) is 6.07 Å². The van der Waals surface area contributed by atoms with E-state index >= 15 is 0 Å². The number of fused-ring (bicyclic) bond motifs is 1. The monoisotopic (exact) mass is 435 g/mol. The lowest BCUT2D eigenvalue weighted by Crippen LogP contribution is -2.45. The molecule has 0 unspecified atom stereocenters. The van der Waals surface area contributed by atoms with E-state index in [2.05, 4.69) is 9.82 Å². The van der Waals surface area contributed by atoms with Crippen molar-refractivity contribution in [2.45, 2.75) is 44.8 Å². The van der Waals surface area contributed by atoms with Gasteiger partial charge in [-0.25, -0.2) is 4.79 Å². The Morgan fingerprint density at radius 3 is 2.48 bits per heavy atom. The quantitative estimate of drug-likeness (QED) is 0.784. The Morgan fingerprint density at radius 1 is 1.29 bits per heavy atom. The standard InChI is InChI=1S/C20H20F3N5O3/c21-20(22,23)18(30)31-28-15-11-26-12(9-24)8-13(15)16(14(10-25)17(28)29)27-6-4-19(5-7-27)2-1-3-19/h8,11H,1-7,9,24H2. The predicted molar refractivity (Wildman–Crippen MR) is 104 cm³/mol. The van der Waals surface area contributed by atoms with E-state index in [4.69, 9.17) is 5.73 Å². The highest BCUT2D eigenvalue weighted by molar-refractivity contribution is 5.95. The average Bonchev–Trinajstić information content (AvgIpc) is 2.73. The highest BCUT2D eigenvalue weighted by atomic mass is 19.4. The Bertz CT molecular complexity index is 1140. The summed E-state index contributed by atoms with van der Waals surface area (Å²) in [6.45, 7) is 1.26. The maximum absolute atomic E-state index is 12.9. The number of carbonyl (C=O) groups is 1. The van der Waals surface area contributed by atoms with Gasteiger partial charge in [-0.2, -0.15) is 18.4 Å². The molecular formula is C20H20F3N5O3. The van der Waals surface area contributed by atoms with Gasteiger partial charge in [-0.3, -0.25) is 9.78 Å². The smallest absolute Gasteiger partial charge is 0.370 e. The van der Waals surface area contributed by atoms with Gasteiger partial charge in [0.05, 0.1) is 17.6 Å². The Morgan fingerprint density at radius 2 is 1.97 bits per heavy atom. The summed E-state index contributed by atoms with van der Waals surface area (Å²) in [7, 11) is 0. The summed E-state index contributed by atoms with van der Waals surface area (Å²) in [6.07, 6.45) is 1.13. The summed E-state index contributed by atoms with van der Waals surface area (Å²) >= 11 is 0. The van der Waals surface area contributed by atoms with E-state index in [1.165, 1.54) is 12.5 Å². The second kappa shape index (κ2) is 7.53. The van der Waals surface area contributed by atoms with Crippen LogP contribution in [0.25, 0.3) is 10.9 Å². The molecule has 1 spiro atoms. The van der Waals surface area contributed by atoms with Gasteiger partial charge in [-0.1, -0.05) is 6.42 Å². The molecule has 2 N–H and O–H groups in total. The van der Waals surface area contributed by atoms with Crippen molar-refractivity contribution in [2.75, 3.05) is 18.0 Å². The first-order valence-electron chi connectivity index (χ1n) is 9.91. The fraction of sp³-hybridized carbons (Fsp3) is 0.500. The van der Waals surface area contributed by atoms with Crippen LogP contribution in [0.15, 0.2) is 17.1 Å². The number of nitriles is 1. The fourth-order valence-corrected chi connectivity index (χ4v) is 4.44. The van der Waals surface area contributed by atoms with Crippen molar-refractivity contribution in [1.29, 1.82) is 5.26 Å². The predicted octanol–water partition coefficient (Wildman–Crippen LogP) is 2.01. The molecule has 0 bridgehead atoms. The lowest BCUT2D eigenvalue weighted by molar-refractivity contribution is -0.199. The minimum atomic E-state index is -5.31. The summed E-state index contributed by atoms with van der Waals surface area (Å²) in [5.41, 5.74) is 5.02. The van der Waals surface area contributed by atoms with E-state index < -0.39 is 17.7 Å². The van der Waals surface area contributed by atoms with E-state index in [-0.39, 0.29) is 27.7 Å². The molecule has 164 valence electrons. The Hall–Kier alpha value is -3.13. The summed E-state index contributed by atoms with van der Waals surface area (Å²) in [6, 6.07) is 3.30. The van der Waals surface area contributed by atoms with E-state index in [1.807, 2.05) is 4.90 Å². The molecule has 1 aliphatic heterocycles. The molecule has 3 heterocycles. The summed E-state index contributed by atoms with van der Waals surface area (Å²) in [5, 5.41) is 9.98. The molecule has 31 heavy (non-hydrogen) atoms. The van der Waals surface area contributed by atoms with Crippen LogP contribution in [0, 0.1) is 16.7 Å². The van der Waals surface area contributed by atoms with Gasteiger partial charge < -0.3 is 15.5 Å². The molecule has 0 radical (unpaired) electrons. The SMILES string of the molecule is N#Cc1c(N2CCC3(CCC3)CC2)c2cc(CN)ncc2n(OC(=O)C(F)(F)F)c1=O. The third kappa shape index (κ3) is 3.61. The number of nitrogens with two attached hydrogens (primary N) is 1. The summed E-state index contributed by atoms with van der Waals surface area (Å²) in [4.78, 5) is 34.6. The fourth-order valence-electron chi connectivity index (χ4n) is 4.44. The molecule has 11 heteroatoms. The van der Waals surface area contributed by atoms with Gasteiger partial charge in [0.2, 0.25) is 0 Å². The molecule has 2 aromatic rings. The van der Waals surface area contributed by atoms with Crippen molar-refractivity contribution in [3.05, 3.63) is 33.9 Å². The van der Waals surface area contributed by atoms with Crippen LogP contribution in [0.3, 0.4) is 0 Å². The molecule has 0 amide bonds. The number of anilines is 1. The number of hydrogen-bond acceptors (Lipinski definition) is 7. The van der Waals surface area contributed by atoms with Gasteiger partial charge in [-0.05, 0) is 37.2 Å². The third-order valence-electron chi connectivity index (χ3n) is 6.33. The molecule has 1 saturated heterocycles. The number of halogens is 3. The minimum Gasteiger partial charge on any atom is -0.370 e. The lowest BCUT2D eigenvalue weighted by atomic mass is 9.63. The van der Waals surface area contributed by atoms with Gasteiger partial charge in [0.1, 0.15) is 17.1 Å². The van der Waals surface area contributed by atoms with E-state index in [0.29, 0.717) is 29.9 Å². The minimum absolute atomic E-state index is 0.0435. The molecule has 8 nitrogen and oxygen atoms in total. The number of hydrogen-bond donors (Lipinski definition) is 1. The van der Waals surface area contributed by atoms with Crippen molar-refractivity contribution < 1.29 is 22.8 Å². The molecule has 2 aromatic heterocycles. The van der Waals surface area contributed by atoms with E-state index in [1.54, 1.807) is 6.07 Å². The van der Waals surface area contributed by atoms with Crippen LogP contribution >= 0.6 is 0 Å². The van der Waals surface area contributed by atoms with Gasteiger partial charge in [-0.15, -0.1) is 4.73 Å². The molecule has 2 aliphatic rings. The van der Waals surface area contributed by atoms with Crippen LogP contribution in [-0.4, -0.2) is 34.9 Å². The van der Waals surface area contributed by atoms with Crippen molar-refractivity contribution in [3.63, 3.8) is 0 Å². The maximum Gasteiger partial charge on any atom is 0.493 e. The first kappa shape index (κ1) is 21.1. The second-order valence-corrected chi connectivity index (χ2v) is 8.05. The lowest BCUT2D eigenvalue weighted by Gasteiger charge is -2.48. The number of rotatable bonds is 3. The number of pyridine rings is 2. The number of aromatic nitrogens is 2. The molecule has 4 rings (SSSR count). The van der Waals surface area contributed by atoms with E-state index in [0.717, 1.165) is 31.9 Å². The van der Waals surface area contributed by atoms with Crippen molar-refractivity contribution >= 4 is 22.6 Å². The van der Waals surface area contributed by atoms with Gasteiger partial charge in [0, 0.05) is 25.0 Å². The van der Waals surface area contributed by atoms with Crippen LogP contribution in [0.1, 0.15) is 43.4 Å². The van der Waals surface area contributed by atoms with Crippen molar-refractivity contribution in [2.24, 2.45) is 11.1 Å². The zero-order valence-electron chi connectivity index (χ0n) is 16.5. The van der Waals surface area contributed by atoms with Crippen LogP contribution in [0.2, 0.25) is 0 Å². The molecule has 2 fully saturated rings. The summed E-state index contributed by atoms with van der Waals surface area (Å²) < 4.78 is 38.5. The van der Waals surface area contributed by atoms with E-state index in [9.17, 15) is 28.0 Å².